The lowest BCUT2D eigenvalue weighted by atomic mass is 9.78. The summed E-state index contributed by atoms with van der Waals surface area (Å²) >= 11 is 0. The van der Waals surface area contributed by atoms with Crippen molar-refractivity contribution in [1.29, 1.82) is 0 Å². The molecule has 2 aliphatic rings. The Morgan fingerprint density at radius 3 is 2.42 bits per heavy atom. The molecule has 2 atom stereocenters. The summed E-state index contributed by atoms with van der Waals surface area (Å²) in [6.07, 6.45) is 0. The Morgan fingerprint density at radius 2 is 1.61 bits per heavy atom. The highest BCUT2D eigenvalue weighted by Gasteiger charge is 2.41. The van der Waals surface area contributed by atoms with Gasteiger partial charge in [0.1, 0.15) is 5.75 Å². The van der Waals surface area contributed by atoms with Crippen molar-refractivity contribution >= 4 is 11.4 Å². The summed E-state index contributed by atoms with van der Waals surface area (Å²) in [7, 11) is 0. The van der Waals surface area contributed by atoms with Crippen molar-refractivity contribution in [3.63, 3.8) is 0 Å². The zero-order valence-corrected chi connectivity index (χ0v) is 18.6. The summed E-state index contributed by atoms with van der Waals surface area (Å²) in [5.41, 5.74) is 7.07. The molecule has 1 aromatic heterocycles. The molecule has 6 heteroatoms. The molecule has 0 N–H and O–H groups in total. The molecular formula is C27H24N4O2. The van der Waals surface area contributed by atoms with Gasteiger partial charge in [0.15, 0.2) is 0 Å². The van der Waals surface area contributed by atoms with E-state index < -0.39 is 0 Å². The Labute approximate surface area is 192 Å². The van der Waals surface area contributed by atoms with Gasteiger partial charge in [-0.3, -0.25) is 0 Å². The van der Waals surface area contributed by atoms with Gasteiger partial charge in [0.25, 0.3) is 0 Å². The van der Waals surface area contributed by atoms with Crippen LogP contribution < -0.4 is 9.47 Å². The summed E-state index contributed by atoms with van der Waals surface area (Å²) in [5, 5.41) is 13.7. The fourth-order valence-corrected chi connectivity index (χ4v) is 4.73. The highest BCUT2D eigenvalue weighted by atomic mass is 16.5. The number of fused-ring (bicyclic) bond motifs is 5. The van der Waals surface area contributed by atoms with Gasteiger partial charge in [0.2, 0.25) is 5.88 Å². The number of azo groups is 1. The molecule has 3 aromatic carbocycles. The van der Waals surface area contributed by atoms with Crippen molar-refractivity contribution in [1.82, 2.24) is 9.78 Å². The highest BCUT2D eigenvalue weighted by Crippen LogP contribution is 2.49. The minimum atomic E-state index is 0.142. The average Bonchev–Trinajstić information content (AvgIpc) is 3.20. The third-order valence-electron chi connectivity index (χ3n) is 6.38. The number of ether oxygens (including phenoxy) is 2. The Kier molecular flexibility index (Phi) is 4.72. The Morgan fingerprint density at radius 1 is 0.848 bits per heavy atom. The van der Waals surface area contributed by atoms with Gasteiger partial charge in [-0.05, 0) is 56.3 Å². The number of benzene rings is 3. The molecule has 164 valence electrons. The Balaban J connectivity index is 1.42. The summed E-state index contributed by atoms with van der Waals surface area (Å²) in [6.45, 7) is 5.35. The first-order valence-electron chi connectivity index (χ1n) is 11.2. The third-order valence-corrected chi connectivity index (χ3v) is 6.38. The lowest BCUT2D eigenvalue weighted by Gasteiger charge is -2.37. The van der Waals surface area contributed by atoms with Crippen LogP contribution in [0.5, 0.6) is 11.6 Å². The van der Waals surface area contributed by atoms with E-state index in [2.05, 4.69) is 54.4 Å². The van der Waals surface area contributed by atoms with Crippen molar-refractivity contribution in [3.05, 3.63) is 95.2 Å². The maximum absolute atomic E-state index is 6.26. The van der Waals surface area contributed by atoms with E-state index in [9.17, 15) is 0 Å². The summed E-state index contributed by atoms with van der Waals surface area (Å²) in [4.78, 5) is 0. The highest BCUT2D eigenvalue weighted by molar-refractivity contribution is 5.56. The predicted octanol–water partition coefficient (Wildman–Crippen LogP) is 6.44. The molecule has 4 aromatic rings. The first kappa shape index (κ1) is 19.7. The smallest absolute Gasteiger partial charge is 0.220 e. The molecule has 0 fully saturated rings. The Bertz CT molecular complexity index is 1340. The van der Waals surface area contributed by atoms with Crippen LogP contribution >= 0.6 is 0 Å². The lowest BCUT2D eigenvalue weighted by molar-refractivity contribution is 0.121. The van der Waals surface area contributed by atoms with Crippen molar-refractivity contribution < 1.29 is 9.47 Å². The minimum Gasteiger partial charge on any atom is -0.493 e. The molecule has 6 rings (SSSR count). The molecule has 0 unspecified atom stereocenters. The minimum absolute atomic E-state index is 0.142. The zero-order chi connectivity index (χ0) is 22.4. The van der Waals surface area contributed by atoms with Gasteiger partial charge >= 0.3 is 0 Å². The standard InChI is InChI=1S/C27H24N4O2/c1-17-8-11-22(12-9-17)31-27-25(18(2)30-31)26-19(16-33-27)15-32-24-13-10-21(14-23(24)26)29-28-20-6-4-3-5-7-20/h3-14,19,26H,15-16H2,1-2H3/t19-,26+/m0/s1. The number of nitrogens with zero attached hydrogens (tertiary/aromatic N) is 4. The largest absolute Gasteiger partial charge is 0.493 e. The molecule has 0 saturated carbocycles. The fraction of sp³-hybridized carbons (Fsp3) is 0.222. The van der Waals surface area contributed by atoms with E-state index in [4.69, 9.17) is 14.6 Å². The van der Waals surface area contributed by atoms with E-state index in [0.717, 1.165) is 45.5 Å². The van der Waals surface area contributed by atoms with Gasteiger partial charge in [-0.25, -0.2) is 4.68 Å². The van der Waals surface area contributed by atoms with Gasteiger partial charge in [-0.2, -0.15) is 15.3 Å². The van der Waals surface area contributed by atoms with E-state index >= 15 is 0 Å². The van der Waals surface area contributed by atoms with Crippen LogP contribution in [0.15, 0.2) is 83.0 Å². The topological polar surface area (TPSA) is 61.0 Å². The van der Waals surface area contributed by atoms with E-state index in [0.29, 0.717) is 13.2 Å². The molecular weight excluding hydrogens is 412 g/mol. The van der Waals surface area contributed by atoms with Crippen LogP contribution in [0.3, 0.4) is 0 Å². The van der Waals surface area contributed by atoms with Crippen LogP contribution in [0, 0.1) is 19.8 Å². The number of hydrogen-bond acceptors (Lipinski definition) is 5. The number of aryl methyl sites for hydroxylation is 2. The normalized spacial score (nSPS) is 18.7. The van der Waals surface area contributed by atoms with Crippen LogP contribution in [0.1, 0.15) is 28.3 Å². The quantitative estimate of drug-likeness (QED) is 0.347. The second-order valence-corrected chi connectivity index (χ2v) is 8.67. The number of hydrogen-bond donors (Lipinski definition) is 0. The lowest BCUT2D eigenvalue weighted by Crippen LogP contribution is -2.35. The molecule has 3 heterocycles. The van der Waals surface area contributed by atoms with Crippen LogP contribution in [0.25, 0.3) is 5.69 Å². The van der Waals surface area contributed by atoms with E-state index in [1.54, 1.807) is 0 Å². The molecule has 0 aliphatic carbocycles. The van der Waals surface area contributed by atoms with Crippen molar-refractivity contribution in [2.45, 2.75) is 19.8 Å². The molecule has 0 saturated heterocycles. The van der Waals surface area contributed by atoms with Crippen LogP contribution in [0.2, 0.25) is 0 Å². The van der Waals surface area contributed by atoms with E-state index in [1.165, 1.54) is 5.56 Å². The second kappa shape index (κ2) is 7.89. The van der Waals surface area contributed by atoms with E-state index in [1.807, 2.05) is 47.1 Å². The average molecular weight is 437 g/mol. The number of aromatic nitrogens is 2. The SMILES string of the molecule is Cc1ccc(-n2nc(C)c3c2OC[C@@H]2COc4ccc(N=Nc5ccccc5)cc4[C@H]32)cc1. The van der Waals surface area contributed by atoms with Gasteiger partial charge < -0.3 is 9.47 Å². The molecule has 0 spiro atoms. The van der Waals surface area contributed by atoms with Crippen molar-refractivity contribution in [2.75, 3.05) is 13.2 Å². The monoisotopic (exact) mass is 436 g/mol. The third kappa shape index (κ3) is 3.48. The second-order valence-electron chi connectivity index (χ2n) is 8.67. The maximum atomic E-state index is 6.26. The van der Waals surface area contributed by atoms with Crippen molar-refractivity contribution in [3.8, 4) is 17.3 Å². The predicted molar refractivity (Wildman–Crippen MR) is 126 cm³/mol. The molecule has 33 heavy (non-hydrogen) atoms. The summed E-state index contributed by atoms with van der Waals surface area (Å²) in [5.74, 6) is 2.08. The molecule has 0 radical (unpaired) electrons. The van der Waals surface area contributed by atoms with Gasteiger partial charge in [0.05, 0.1) is 36.0 Å². The van der Waals surface area contributed by atoms with Crippen LogP contribution in [-0.2, 0) is 0 Å². The first-order chi connectivity index (χ1) is 16.2. The van der Waals surface area contributed by atoms with Crippen LogP contribution in [-0.4, -0.2) is 23.0 Å². The molecule has 0 amide bonds. The van der Waals surface area contributed by atoms with Crippen LogP contribution in [0.4, 0.5) is 11.4 Å². The first-order valence-corrected chi connectivity index (χ1v) is 11.2. The fourth-order valence-electron chi connectivity index (χ4n) is 4.73. The van der Waals surface area contributed by atoms with E-state index in [-0.39, 0.29) is 11.8 Å². The number of rotatable bonds is 3. The maximum Gasteiger partial charge on any atom is 0.220 e. The van der Waals surface area contributed by atoms with Gasteiger partial charge in [-0.1, -0.05) is 35.9 Å². The Hall–Kier alpha value is -3.93. The molecule has 6 nitrogen and oxygen atoms in total. The molecule has 2 aliphatic heterocycles. The zero-order valence-electron chi connectivity index (χ0n) is 18.6. The van der Waals surface area contributed by atoms with Crippen molar-refractivity contribution in [2.24, 2.45) is 16.1 Å². The summed E-state index contributed by atoms with van der Waals surface area (Å²) in [6, 6.07) is 24.2. The van der Waals surface area contributed by atoms with Gasteiger partial charge in [-0.15, -0.1) is 0 Å². The summed E-state index contributed by atoms with van der Waals surface area (Å²) < 4.78 is 14.3. The molecule has 0 bridgehead atoms. The van der Waals surface area contributed by atoms with Gasteiger partial charge in [0, 0.05) is 23.0 Å².